The molecule has 1 atom stereocenters. The van der Waals surface area contributed by atoms with Gasteiger partial charge in [-0.2, -0.15) is 0 Å². The number of halogens is 4. The van der Waals surface area contributed by atoms with Gasteiger partial charge in [0, 0.05) is 24.7 Å². The van der Waals surface area contributed by atoms with Crippen molar-refractivity contribution in [1.82, 2.24) is 4.98 Å². The highest BCUT2D eigenvalue weighted by Gasteiger charge is 2.30. The van der Waals surface area contributed by atoms with Crippen LogP contribution in [0.1, 0.15) is 35.8 Å². The topological polar surface area (TPSA) is 66.9 Å². The van der Waals surface area contributed by atoms with Crippen molar-refractivity contribution in [2.24, 2.45) is 0 Å². The zero-order valence-electron chi connectivity index (χ0n) is 20.8. The molecule has 1 heterocycles. The van der Waals surface area contributed by atoms with Crippen LogP contribution in [0.25, 0.3) is 11.3 Å². The van der Waals surface area contributed by atoms with Gasteiger partial charge >= 0.3 is 0 Å². The molecule has 37 heavy (non-hydrogen) atoms. The van der Waals surface area contributed by atoms with Gasteiger partial charge in [0.2, 0.25) is 0 Å². The number of ether oxygens (including phenoxy) is 4. The Morgan fingerprint density at radius 3 is 2.32 bits per heavy atom. The number of alkyl halides is 2. The highest BCUT2D eigenvalue weighted by atomic mass is 35.5. The molecule has 1 aromatic heterocycles. The number of hydrogen-bond donors (Lipinski definition) is 0. The first kappa shape index (κ1) is 28.3. The van der Waals surface area contributed by atoms with Crippen molar-refractivity contribution in [3.8, 4) is 28.5 Å². The van der Waals surface area contributed by atoms with E-state index in [0.717, 1.165) is 0 Å². The minimum absolute atomic E-state index is 0.0482. The lowest BCUT2D eigenvalue weighted by Gasteiger charge is -2.28. The Balaban J connectivity index is 1.83. The second-order valence-electron chi connectivity index (χ2n) is 8.30. The largest absolute Gasteiger partial charge is 0.494 e. The van der Waals surface area contributed by atoms with E-state index in [1.807, 2.05) is 0 Å². The Morgan fingerprint density at radius 2 is 1.70 bits per heavy atom. The van der Waals surface area contributed by atoms with Crippen LogP contribution in [0.2, 0.25) is 5.02 Å². The van der Waals surface area contributed by atoms with Gasteiger partial charge in [0.25, 0.3) is 6.43 Å². The molecule has 0 aliphatic carbocycles. The monoisotopic (exact) mass is 537 g/mol. The van der Waals surface area contributed by atoms with Crippen molar-refractivity contribution in [3.05, 3.63) is 70.6 Å². The van der Waals surface area contributed by atoms with Crippen molar-refractivity contribution >= 4 is 17.4 Å². The van der Waals surface area contributed by atoms with Crippen LogP contribution >= 0.6 is 11.6 Å². The highest BCUT2D eigenvalue weighted by Crippen LogP contribution is 2.36. The first-order valence-corrected chi connectivity index (χ1v) is 11.7. The van der Waals surface area contributed by atoms with Crippen LogP contribution in [0.5, 0.6) is 17.2 Å². The maximum absolute atomic E-state index is 13.7. The zero-order chi connectivity index (χ0) is 27.2. The third kappa shape index (κ3) is 6.72. The summed E-state index contributed by atoms with van der Waals surface area (Å²) in [5, 5.41) is -0.0482. The Kier molecular flexibility index (Phi) is 9.39. The molecule has 0 saturated carbocycles. The number of aromatic nitrogens is 1. The van der Waals surface area contributed by atoms with E-state index in [1.54, 1.807) is 25.1 Å². The highest BCUT2D eigenvalue weighted by molar-refractivity contribution is 6.31. The molecule has 198 valence electrons. The maximum atomic E-state index is 13.7. The molecule has 0 amide bonds. The standard InChI is InChI=1S/C27H27ClF3NO5/c1-27(36-4,12-11-20(33)16-6-8-21(23(14-16)35-3)37-15-25(30)31)24-10-9-22(34-2)26(32-24)17-5-7-19(29)18(28)13-17/h5-10,13-14,25H,11-12,15H2,1-4H3. The van der Waals surface area contributed by atoms with Crippen LogP contribution in [0, 0.1) is 5.82 Å². The van der Waals surface area contributed by atoms with Gasteiger partial charge in [-0.3, -0.25) is 4.79 Å². The summed E-state index contributed by atoms with van der Waals surface area (Å²) in [6.07, 6.45) is -2.27. The van der Waals surface area contributed by atoms with Gasteiger partial charge in [-0.15, -0.1) is 0 Å². The van der Waals surface area contributed by atoms with Crippen molar-refractivity contribution in [2.45, 2.75) is 31.8 Å². The van der Waals surface area contributed by atoms with Crippen molar-refractivity contribution in [1.29, 1.82) is 0 Å². The van der Waals surface area contributed by atoms with Gasteiger partial charge in [-0.05, 0) is 61.9 Å². The second-order valence-corrected chi connectivity index (χ2v) is 8.71. The molecular formula is C27H27ClF3NO5. The minimum Gasteiger partial charge on any atom is -0.494 e. The zero-order valence-corrected chi connectivity index (χ0v) is 21.6. The second kappa shape index (κ2) is 12.3. The Morgan fingerprint density at radius 1 is 1.00 bits per heavy atom. The van der Waals surface area contributed by atoms with E-state index in [1.165, 1.54) is 51.7 Å². The summed E-state index contributed by atoms with van der Waals surface area (Å²) < 4.78 is 60.1. The van der Waals surface area contributed by atoms with Gasteiger partial charge < -0.3 is 18.9 Å². The van der Waals surface area contributed by atoms with Crippen LogP contribution < -0.4 is 14.2 Å². The lowest BCUT2D eigenvalue weighted by atomic mass is 9.91. The van der Waals surface area contributed by atoms with E-state index < -0.39 is 24.5 Å². The quantitative estimate of drug-likeness (QED) is 0.239. The van der Waals surface area contributed by atoms with E-state index in [0.29, 0.717) is 28.3 Å². The fraction of sp³-hybridized carbons (Fsp3) is 0.333. The van der Waals surface area contributed by atoms with Crippen LogP contribution in [0.3, 0.4) is 0 Å². The van der Waals surface area contributed by atoms with Crippen molar-refractivity contribution < 1.29 is 36.9 Å². The summed E-state index contributed by atoms with van der Waals surface area (Å²) in [4.78, 5) is 17.7. The fourth-order valence-electron chi connectivity index (χ4n) is 3.70. The SMILES string of the molecule is COc1cc(C(=O)CCC(C)(OC)c2ccc(OC)c(-c3ccc(F)c(Cl)c3)n2)ccc1OCC(F)F. The molecule has 0 spiro atoms. The molecule has 0 radical (unpaired) electrons. The third-order valence-electron chi connectivity index (χ3n) is 5.94. The Labute approximate surface area is 218 Å². The number of Topliss-reactive ketones (excluding diaryl/α,β-unsaturated/α-hetero) is 1. The molecule has 0 N–H and O–H groups in total. The number of carbonyl (C=O) groups is 1. The number of pyridine rings is 1. The normalized spacial score (nSPS) is 12.8. The van der Waals surface area contributed by atoms with Crippen molar-refractivity contribution in [3.63, 3.8) is 0 Å². The average Bonchev–Trinajstić information content (AvgIpc) is 2.91. The van der Waals surface area contributed by atoms with E-state index in [-0.39, 0.29) is 35.1 Å². The third-order valence-corrected chi connectivity index (χ3v) is 6.23. The maximum Gasteiger partial charge on any atom is 0.272 e. The minimum atomic E-state index is -2.63. The number of carbonyl (C=O) groups excluding carboxylic acids is 1. The van der Waals surface area contributed by atoms with Crippen molar-refractivity contribution in [2.75, 3.05) is 27.9 Å². The fourth-order valence-corrected chi connectivity index (χ4v) is 3.88. The van der Waals surface area contributed by atoms with Gasteiger partial charge in [0.1, 0.15) is 29.5 Å². The smallest absolute Gasteiger partial charge is 0.272 e. The first-order valence-electron chi connectivity index (χ1n) is 11.3. The summed E-state index contributed by atoms with van der Waals surface area (Å²) in [6.45, 7) is 1.02. The molecule has 6 nitrogen and oxygen atoms in total. The molecule has 0 fully saturated rings. The number of nitrogens with zero attached hydrogens (tertiary/aromatic N) is 1. The summed E-state index contributed by atoms with van der Waals surface area (Å²) in [5.41, 5.74) is 0.920. The molecular weight excluding hydrogens is 511 g/mol. The summed E-state index contributed by atoms with van der Waals surface area (Å²) >= 11 is 5.97. The predicted molar refractivity (Wildman–Crippen MR) is 134 cm³/mol. The molecule has 3 aromatic rings. The molecule has 2 aromatic carbocycles. The van der Waals surface area contributed by atoms with Crippen LogP contribution in [0.4, 0.5) is 13.2 Å². The Hall–Kier alpha value is -3.30. The summed E-state index contributed by atoms with van der Waals surface area (Å²) in [5.74, 6) is 0.00614. The molecule has 0 aliphatic rings. The van der Waals surface area contributed by atoms with E-state index in [4.69, 9.17) is 35.5 Å². The lowest BCUT2D eigenvalue weighted by Crippen LogP contribution is -2.27. The molecule has 3 rings (SSSR count). The number of ketones is 1. The van der Waals surface area contributed by atoms with Gasteiger partial charge in [-0.1, -0.05) is 11.6 Å². The number of benzene rings is 2. The van der Waals surface area contributed by atoms with E-state index in [9.17, 15) is 18.0 Å². The molecule has 10 heteroatoms. The lowest BCUT2D eigenvalue weighted by molar-refractivity contribution is -0.00973. The number of methoxy groups -OCH3 is 3. The first-order chi connectivity index (χ1) is 17.6. The van der Waals surface area contributed by atoms with Gasteiger partial charge in [0.15, 0.2) is 17.3 Å². The number of rotatable bonds is 12. The number of hydrogen-bond acceptors (Lipinski definition) is 6. The Bertz CT molecular complexity index is 1260. The summed E-state index contributed by atoms with van der Waals surface area (Å²) in [7, 11) is 4.38. The predicted octanol–water partition coefficient (Wildman–Crippen LogP) is 6.73. The van der Waals surface area contributed by atoms with Crippen LogP contribution in [-0.4, -0.2) is 45.1 Å². The van der Waals surface area contributed by atoms with Crippen LogP contribution in [-0.2, 0) is 10.3 Å². The average molecular weight is 538 g/mol. The van der Waals surface area contributed by atoms with Crippen LogP contribution in [0.15, 0.2) is 48.5 Å². The molecule has 0 saturated heterocycles. The van der Waals surface area contributed by atoms with Gasteiger partial charge in [0.05, 0.1) is 24.9 Å². The molecule has 0 bridgehead atoms. The molecule has 1 unspecified atom stereocenters. The van der Waals surface area contributed by atoms with E-state index in [2.05, 4.69) is 0 Å². The molecule has 0 aliphatic heterocycles. The van der Waals surface area contributed by atoms with E-state index >= 15 is 0 Å². The summed E-state index contributed by atoms with van der Waals surface area (Å²) in [6, 6.07) is 12.1. The van der Waals surface area contributed by atoms with Gasteiger partial charge in [-0.25, -0.2) is 18.2 Å².